The van der Waals surface area contributed by atoms with Crippen LogP contribution in [0.5, 0.6) is 11.5 Å². The minimum absolute atomic E-state index is 0.0697. The molecule has 31 heavy (non-hydrogen) atoms. The molecule has 1 amide bonds. The summed E-state index contributed by atoms with van der Waals surface area (Å²) in [6, 6.07) is 21.0. The molecule has 1 aliphatic heterocycles. The van der Waals surface area contributed by atoms with Crippen LogP contribution in [0.4, 0.5) is 5.69 Å². The highest BCUT2D eigenvalue weighted by Gasteiger charge is 2.24. The third kappa shape index (κ3) is 5.16. The molecule has 1 saturated heterocycles. The van der Waals surface area contributed by atoms with E-state index in [0.29, 0.717) is 28.1 Å². The number of hydrogen-bond donors (Lipinski definition) is 2. The van der Waals surface area contributed by atoms with Crippen LogP contribution in [0.1, 0.15) is 22.3 Å². The Kier molecular flexibility index (Phi) is 6.09. The number of carbonyl (C=O) groups is 1. The van der Waals surface area contributed by atoms with Crippen LogP contribution in [0.15, 0.2) is 76.6 Å². The summed E-state index contributed by atoms with van der Waals surface area (Å²) in [5.74, 6) is 0.537. The Morgan fingerprint density at radius 3 is 2.58 bits per heavy atom. The average molecular weight is 431 g/mol. The molecule has 0 aromatic heterocycles. The van der Waals surface area contributed by atoms with Crippen LogP contribution in [0.25, 0.3) is 6.08 Å². The second-order valence-electron chi connectivity index (χ2n) is 7.29. The van der Waals surface area contributed by atoms with E-state index < -0.39 is 0 Å². The number of nitrogens with zero attached hydrogens (tertiary/aromatic N) is 1. The third-order valence-corrected chi connectivity index (χ3v) is 5.63. The number of aromatic hydroxyl groups is 1. The Morgan fingerprint density at radius 1 is 1.03 bits per heavy atom. The standard InChI is InChI=1S/C25H22N2O3S/c1-16-7-10-18(11-8-16)15-30-22-6-4-3-5-19(22)14-23-24(29)27-25(31-23)26-20-13-17(2)9-12-21(20)28/h3-14,28H,15H2,1-2H3,(H,26,27,29)/b23-14-. The van der Waals surface area contributed by atoms with Gasteiger partial charge >= 0.3 is 0 Å². The molecule has 1 heterocycles. The van der Waals surface area contributed by atoms with Gasteiger partial charge in [0, 0.05) is 5.56 Å². The van der Waals surface area contributed by atoms with E-state index in [-0.39, 0.29) is 11.7 Å². The van der Waals surface area contributed by atoms with Crippen molar-refractivity contribution in [2.24, 2.45) is 4.99 Å². The van der Waals surface area contributed by atoms with Crippen LogP contribution in [0, 0.1) is 13.8 Å². The molecule has 0 aliphatic carbocycles. The summed E-state index contributed by atoms with van der Waals surface area (Å²) >= 11 is 1.23. The number of amidine groups is 1. The van der Waals surface area contributed by atoms with Crippen LogP contribution >= 0.6 is 11.8 Å². The van der Waals surface area contributed by atoms with Crippen LogP contribution < -0.4 is 10.1 Å². The number of phenolic OH excluding ortho intramolecular Hbond substituents is 1. The molecule has 3 aromatic rings. The van der Waals surface area contributed by atoms with Gasteiger partial charge in [-0.15, -0.1) is 0 Å². The first-order valence-electron chi connectivity index (χ1n) is 9.84. The first kappa shape index (κ1) is 20.8. The van der Waals surface area contributed by atoms with Gasteiger partial charge in [-0.3, -0.25) is 4.79 Å². The van der Waals surface area contributed by atoms with Crippen molar-refractivity contribution >= 4 is 34.6 Å². The number of para-hydroxylation sites is 1. The highest BCUT2D eigenvalue weighted by Crippen LogP contribution is 2.33. The number of aliphatic imine (C=N–C) groups is 1. The molecule has 1 fully saturated rings. The number of phenols is 1. The Morgan fingerprint density at radius 2 is 1.77 bits per heavy atom. The zero-order valence-electron chi connectivity index (χ0n) is 17.3. The number of aryl methyl sites for hydroxylation is 2. The van der Waals surface area contributed by atoms with Crippen molar-refractivity contribution in [3.63, 3.8) is 0 Å². The van der Waals surface area contributed by atoms with Gasteiger partial charge in [-0.1, -0.05) is 54.1 Å². The van der Waals surface area contributed by atoms with Gasteiger partial charge in [0.25, 0.3) is 5.91 Å². The van der Waals surface area contributed by atoms with E-state index in [4.69, 9.17) is 4.74 Å². The van der Waals surface area contributed by atoms with Gasteiger partial charge in [-0.2, -0.15) is 0 Å². The largest absolute Gasteiger partial charge is 0.506 e. The Labute approximate surface area is 185 Å². The van der Waals surface area contributed by atoms with Gasteiger partial charge in [0.2, 0.25) is 0 Å². The normalized spacial score (nSPS) is 16.0. The first-order valence-corrected chi connectivity index (χ1v) is 10.7. The summed E-state index contributed by atoms with van der Waals surface area (Å²) < 4.78 is 6.01. The van der Waals surface area contributed by atoms with Crippen molar-refractivity contribution < 1.29 is 14.6 Å². The summed E-state index contributed by atoms with van der Waals surface area (Å²) in [5.41, 5.74) is 4.49. The van der Waals surface area contributed by atoms with E-state index in [1.165, 1.54) is 17.3 Å². The predicted molar refractivity (Wildman–Crippen MR) is 126 cm³/mol. The highest BCUT2D eigenvalue weighted by molar-refractivity contribution is 8.18. The van der Waals surface area contributed by atoms with E-state index in [1.807, 2.05) is 50.2 Å². The van der Waals surface area contributed by atoms with E-state index in [2.05, 4.69) is 22.4 Å². The molecule has 2 N–H and O–H groups in total. The molecule has 3 aromatic carbocycles. The van der Waals surface area contributed by atoms with Gasteiger partial charge in [0.15, 0.2) is 5.17 Å². The monoisotopic (exact) mass is 430 g/mol. The Bertz CT molecular complexity index is 1180. The zero-order chi connectivity index (χ0) is 21.8. The van der Waals surface area contributed by atoms with E-state index in [9.17, 15) is 9.90 Å². The maximum Gasteiger partial charge on any atom is 0.264 e. The molecule has 4 rings (SSSR count). The van der Waals surface area contributed by atoms with Crippen molar-refractivity contribution in [2.75, 3.05) is 0 Å². The minimum Gasteiger partial charge on any atom is -0.506 e. The number of rotatable bonds is 5. The minimum atomic E-state index is -0.232. The van der Waals surface area contributed by atoms with Crippen LogP contribution in [0.2, 0.25) is 0 Å². The number of ether oxygens (including phenoxy) is 1. The number of hydrogen-bond acceptors (Lipinski definition) is 5. The quantitative estimate of drug-likeness (QED) is 0.526. The lowest BCUT2D eigenvalue weighted by atomic mass is 10.1. The molecule has 156 valence electrons. The SMILES string of the molecule is Cc1ccc(COc2ccccc2/C=C2\SC(=Nc3cc(C)ccc3O)NC2=O)cc1. The third-order valence-electron chi connectivity index (χ3n) is 4.72. The molecule has 0 unspecified atom stereocenters. The number of benzene rings is 3. The summed E-state index contributed by atoms with van der Waals surface area (Å²) in [5, 5.41) is 13.2. The van der Waals surface area contributed by atoms with E-state index in [1.54, 1.807) is 24.3 Å². The van der Waals surface area contributed by atoms with Crippen molar-refractivity contribution in [1.82, 2.24) is 5.32 Å². The molecular weight excluding hydrogens is 408 g/mol. The molecule has 6 heteroatoms. The topological polar surface area (TPSA) is 70.9 Å². The maximum absolute atomic E-state index is 12.5. The maximum atomic E-state index is 12.5. The van der Waals surface area contributed by atoms with Gasteiger partial charge in [0.1, 0.15) is 23.8 Å². The van der Waals surface area contributed by atoms with Crippen LogP contribution in [-0.4, -0.2) is 16.2 Å². The summed E-state index contributed by atoms with van der Waals surface area (Å²) in [6.45, 7) is 4.41. The highest BCUT2D eigenvalue weighted by atomic mass is 32.2. The zero-order valence-corrected chi connectivity index (χ0v) is 18.1. The fourth-order valence-electron chi connectivity index (χ4n) is 3.03. The summed E-state index contributed by atoms with van der Waals surface area (Å²) in [4.78, 5) is 17.4. The second-order valence-corrected chi connectivity index (χ2v) is 8.32. The van der Waals surface area contributed by atoms with Crippen molar-refractivity contribution in [1.29, 1.82) is 0 Å². The van der Waals surface area contributed by atoms with Gasteiger partial charge in [-0.05, 0) is 61.0 Å². The molecule has 1 aliphatic rings. The summed E-state index contributed by atoms with van der Waals surface area (Å²) in [6.07, 6.45) is 1.79. The number of amides is 1. The summed E-state index contributed by atoms with van der Waals surface area (Å²) in [7, 11) is 0. The molecule has 0 saturated carbocycles. The molecule has 0 radical (unpaired) electrons. The molecule has 0 bridgehead atoms. The molecule has 5 nitrogen and oxygen atoms in total. The lowest BCUT2D eigenvalue weighted by Gasteiger charge is -2.10. The lowest BCUT2D eigenvalue weighted by Crippen LogP contribution is -2.19. The van der Waals surface area contributed by atoms with Crippen molar-refractivity contribution in [3.05, 3.63) is 93.9 Å². The predicted octanol–water partition coefficient (Wildman–Crippen LogP) is 5.48. The van der Waals surface area contributed by atoms with Crippen LogP contribution in [0.3, 0.4) is 0 Å². The molecule has 0 spiro atoms. The van der Waals surface area contributed by atoms with Crippen molar-refractivity contribution in [2.45, 2.75) is 20.5 Å². The van der Waals surface area contributed by atoms with Crippen LogP contribution in [-0.2, 0) is 11.4 Å². The number of carbonyl (C=O) groups excluding carboxylic acids is 1. The number of thioether (sulfide) groups is 1. The number of nitrogens with one attached hydrogen (secondary N) is 1. The fourth-order valence-corrected chi connectivity index (χ4v) is 3.86. The van der Waals surface area contributed by atoms with Gasteiger partial charge in [0.05, 0.1) is 4.91 Å². The van der Waals surface area contributed by atoms with E-state index in [0.717, 1.165) is 16.7 Å². The Balaban J connectivity index is 1.53. The van der Waals surface area contributed by atoms with E-state index >= 15 is 0 Å². The average Bonchev–Trinajstić information content (AvgIpc) is 3.10. The fraction of sp³-hybridized carbons (Fsp3) is 0.120. The molecular formula is C25H22N2O3S. The smallest absolute Gasteiger partial charge is 0.264 e. The van der Waals surface area contributed by atoms with Gasteiger partial charge in [-0.25, -0.2) is 4.99 Å². The molecule has 0 atom stereocenters. The van der Waals surface area contributed by atoms with Gasteiger partial charge < -0.3 is 15.2 Å². The Hall–Kier alpha value is -3.51. The second kappa shape index (κ2) is 9.10. The van der Waals surface area contributed by atoms with Crippen molar-refractivity contribution in [3.8, 4) is 11.5 Å². The lowest BCUT2D eigenvalue weighted by molar-refractivity contribution is -0.115. The first-order chi connectivity index (χ1) is 15.0.